The lowest BCUT2D eigenvalue weighted by molar-refractivity contribution is 0.928. The Bertz CT molecular complexity index is 714. The van der Waals surface area contributed by atoms with Crippen LogP contribution in [0.15, 0.2) is 60.8 Å². The average Bonchev–Trinajstić information content (AvgIpc) is 2.48. The summed E-state index contributed by atoms with van der Waals surface area (Å²) in [5.41, 5.74) is 9.95. The van der Waals surface area contributed by atoms with Gasteiger partial charge >= 0.3 is 0 Å². The standard InChI is InChI=1S/C17H17N3/c1-20(16-9-7-15(18)8-10-16)12-14-5-2-4-13-6-3-11-19-17(13)14/h2-11H,12,18H2,1H3. The predicted molar refractivity (Wildman–Crippen MR) is 84.7 cm³/mol. The first-order valence-corrected chi connectivity index (χ1v) is 6.63. The molecule has 0 radical (unpaired) electrons. The number of nitrogens with zero attached hydrogens (tertiary/aromatic N) is 2. The highest BCUT2D eigenvalue weighted by molar-refractivity contribution is 5.81. The van der Waals surface area contributed by atoms with E-state index >= 15 is 0 Å². The molecule has 1 aromatic heterocycles. The van der Waals surface area contributed by atoms with Crippen molar-refractivity contribution in [2.45, 2.75) is 6.54 Å². The van der Waals surface area contributed by atoms with Crippen molar-refractivity contribution in [3.63, 3.8) is 0 Å². The van der Waals surface area contributed by atoms with E-state index in [1.165, 1.54) is 10.9 Å². The van der Waals surface area contributed by atoms with Gasteiger partial charge in [0.05, 0.1) is 5.52 Å². The van der Waals surface area contributed by atoms with Crippen LogP contribution >= 0.6 is 0 Å². The molecule has 0 aliphatic heterocycles. The second-order valence-electron chi connectivity index (χ2n) is 4.94. The fourth-order valence-corrected chi connectivity index (χ4v) is 2.37. The molecular formula is C17H17N3. The van der Waals surface area contributed by atoms with E-state index in [9.17, 15) is 0 Å². The number of anilines is 2. The summed E-state index contributed by atoms with van der Waals surface area (Å²) < 4.78 is 0. The number of nitrogens with two attached hydrogens (primary N) is 1. The van der Waals surface area contributed by atoms with Crippen molar-refractivity contribution in [2.75, 3.05) is 17.7 Å². The number of aromatic nitrogens is 1. The average molecular weight is 263 g/mol. The lowest BCUT2D eigenvalue weighted by Gasteiger charge is -2.20. The summed E-state index contributed by atoms with van der Waals surface area (Å²) in [6.07, 6.45) is 1.84. The van der Waals surface area contributed by atoms with E-state index in [4.69, 9.17) is 5.73 Å². The van der Waals surface area contributed by atoms with Crippen LogP contribution in [-0.2, 0) is 6.54 Å². The number of nitrogen functional groups attached to an aromatic ring is 1. The molecule has 0 atom stereocenters. The van der Waals surface area contributed by atoms with Gasteiger partial charge in [-0.25, -0.2) is 0 Å². The minimum Gasteiger partial charge on any atom is -0.399 e. The summed E-state index contributed by atoms with van der Waals surface area (Å²) in [5.74, 6) is 0. The maximum atomic E-state index is 5.73. The van der Waals surface area contributed by atoms with Gasteiger partial charge in [-0.3, -0.25) is 4.98 Å². The van der Waals surface area contributed by atoms with Gasteiger partial charge in [-0.05, 0) is 35.9 Å². The molecule has 20 heavy (non-hydrogen) atoms. The topological polar surface area (TPSA) is 42.2 Å². The minimum absolute atomic E-state index is 0.786. The molecule has 0 bridgehead atoms. The molecule has 3 nitrogen and oxygen atoms in total. The van der Waals surface area contributed by atoms with E-state index in [0.29, 0.717) is 0 Å². The third kappa shape index (κ3) is 2.43. The maximum absolute atomic E-state index is 5.73. The highest BCUT2D eigenvalue weighted by Crippen LogP contribution is 2.21. The molecule has 3 aromatic rings. The number of hydrogen-bond donors (Lipinski definition) is 1. The maximum Gasteiger partial charge on any atom is 0.0751 e. The van der Waals surface area contributed by atoms with Crippen LogP contribution in [0.25, 0.3) is 10.9 Å². The summed E-state index contributed by atoms with van der Waals surface area (Å²) in [6.45, 7) is 0.818. The minimum atomic E-state index is 0.786. The largest absolute Gasteiger partial charge is 0.399 e. The van der Waals surface area contributed by atoms with Crippen molar-refractivity contribution < 1.29 is 0 Å². The molecule has 0 amide bonds. The molecule has 3 heteroatoms. The summed E-state index contributed by atoms with van der Waals surface area (Å²) in [4.78, 5) is 6.69. The third-order valence-corrected chi connectivity index (χ3v) is 3.46. The molecule has 0 aliphatic carbocycles. The quantitative estimate of drug-likeness (QED) is 0.736. The van der Waals surface area contributed by atoms with Gasteiger partial charge < -0.3 is 10.6 Å². The van der Waals surface area contributed by atoms with Crippen LogP contribution in [-0.4, -0.2) is 12.0 Å². The number of benzene rings is 2. The zero-order chi connectivity index (χ0) is 13.9. The lowest BCUT2D eigenvalue weighted by atomic mass is 10.1. The molecule has 2 aromatic carbocycles. The Balaban J connectivity index is 1.91. The number of rotatable bonds is 3. The van der Waals surface area contributed by atoms with Crippen LogP contribution in [0.4, 0.5) is 11.4 Å². The molecule has 0 saturated heterocycles. The van der Waals surface area contributed by atoms with Crippen molar-refractivity contribution in [2.24, 2.45) is 0 Å². The van der Waals surface area contributed by atoms with Crippen LogP contribution in [0.5, 0.6) is 0 Å². The van der Waals surface area contributed by atoms with Gasteiger partial charge in [0.25, 0.3) is 0 Å². The van der Waals surface area contributed by atoms with Crippen molar-refractivity contribution >= 4 is 22.3 Å². The fraction of sp³-hybridized carbons (Fsp3) is 0.118. The predicted octanol–water partition coefficient (Wildman–Crippen LogP) is 3.45. The van der Waals surface area contributed by atoms with Crippen LogP contribution in [0, 0.1) is 0 Å². The van der Waals surface area contributed by atoms with Crippen LogP contribution < -0.4 is 10.6 Å². The van der Waals surface area contributed by atoms with Gasteiger partial charge in [0, 0.05) is 36.6 Å². The molecule has 1 heterocycles. The monoisotopic (exact) mass is 263 g/mol. The molecular weight excluding hydrogens is 246 g/mol. The number of pyridine rings is 1. The first kappa shape index (κ1) is 12.5. The number of para-hydroxylation sites is 1. The van der Waals surface area contributed by atoms with E-state index in [-0.39, 0.29) is 0 Å². The van der Waals surface area contributed by atoms with E-state index in [0.717, 1.165) is 23.4 Å². The highest BCUT2D eigenvalue weighted by Gasteiger charge is 2.06. The molecule has 3 rings (SSSR count). The Hall–Kier alpha value is -2.55. The SMILES string of the molecule is CN(Cc1cccc2cccnc12)c1ccc(N)cc1. The van der Waals surface area contributed by atoms with Crippen LogP contribution in [0.2, 0.25) is 0 Å². The van der Waals surface area contributed by atoms with Crippen LogP contribution in [0.1, 0.15) is 5.56 Å². The first-order valence-electron chi connectivity index (χ1n) is 6.63. The van der Waals surface area contributed by atoms with Gasteiger partial charge in [0.2, 0.25) is 0 Å². The second kappa shape index (κ2) is 5.21. The zero-order valence-corrected chi connectivity index (χ0v) is 11.5. The van der Waals surface area contributed by atoms with E-state index in [2.05, 4.69) is 41.2 Å². The van der Waals surface area contributed by atoms with Crippen molar-refractivity contribution in [3.05, 3.63) is 66.4 Å². The molecule has 2 N–H and O–H groups in total. The highest BCUT2D eigenvalue weighted by atomic mass is 15.1. The molecule has 0 fully saturated rings. The number of fused-ring (bicyclic) bond motifs is 1. The summed E-state index contributed by atoms with van der Waals surface area (Å²) >= 11 is 0. The van der Waals surface area contributed by atoms with E-state index in [1.54, 1.807) is 0 Å². The van der Waals surface area contributed by atoms with Gasteiger partial charge in [-0.1, -0.05) is 24.3 Å². The normalized spacial score (nSPS) is 10.7. The number of hydrogen-bond acceptors (Lipinski definition) is 3. The fourth-order valence-electron chi connectivity index (χ4n) is 2.37. The molecule has 0 aliphatic rings. The Morgan fingerprint density at radius 2 is 1.75 bits per heavy atom. The Kier molecular flexibility index (Phi) is 3.25. The first-order chi connectivity index (χ1) is 9.74. The van der Waals surface area contributed by atoms with Crippen molar-refractivity contribution in [1.82, 2.24) is 4.98 Å². The second-order valence-corrected chi connectivity index (χ2v) is 4.94. The Labute approximate surface area is 118 Å². The molecule has 0 unspecified atom stereocenters. The van der Waals surface area contributed by atoms with E-state index < -0.39 is 0 Å². The zero-order valence-electron chi connectivity index (χ0n) is 11.5. The van der Waals surface area contributed by atoms with Gasteiger partial charge in [0.15, 0.2) is 0 Å². The molecule has 0 spiro atoms. The third-order valence-electron chi connectivity index (χ3n) is 3.46. The van der Waals surface area contributed by atoms with Crippen LogP contribution in [0.3, 0.4) is 0 Å². The van der Waals surface area contributed by atoms with Crippen molar-refractivity contribution in [3.8, 4) is 0 Å². The van der Waals surface area contributed by atoms with E-state index in [1.807, 2.05) is 36.5 Å². The van der Waals surface area contributed by atoms with Gasteiger partial charge in [-0.15, -0.1) is 0 Å². The summed E-state index contributed by atoms with van der Waals surface area (Å²) in [7, 11) is 2.08. The summed E-state index contributed by atoms with van der Waals surface area (Å²) in [5, 5.41) is 1.18. The molecule has 100 valence electrons. The Morgan fingerprint density at radius 1 is 1.00 bits per heavy atom. The lowest BCUT2D eigenvalue weighted by Crippen LogP contribution is -2.16. The smallest absolute Gasteiger partial charge is 0.0751 e. The summed E-state index contributed by atoms with van der Waals surface area (Å²) in [6, 6.07) is 18.3. The van der Waals surface area contributed by atoms with Gasteiger partial charge in [-0.2, -0.15) is 0 Å². The van der Waals surface area contributed by atoms with Gasteiger partial charge in [0.1, 0.15) is 0 Å². The van der Waals surface area contributed by atoms with Crippen molar-refractivity contribution in [1.29, 1.82) is 0 Å². The molecule has 0 saturated carbocycles. The Morgan fingerprint density at radius 3 is 2.55 bits per heavy atom.